The number of fused-ring (bicyclic) bond motifs is 1. The van der Waals surface area contributed by atoms with Gasteiger partial charge in [-0.05, 0) is 28.1 Å². The molecule has 0 amide bonds. The van der Waals surface area contributed by atoms with Gasteiger partial charge in [-0.1, -0.05) is 0 Å². The number of nitrogens with one attached hydrogen (secondary N) is 1. The maximum atomic E-state index is 4.37. The number of pyridine rings is 1. The van der Waals surface area contributed by atoms with Gasteiger partial charge in [0.2, 0.25) is 0 Å². The molecule has 0 saturated heterocycles. The summed E-state index contributed by atoms with van der Waals surface area (Å²) in [5.74, 6) is 0.763. The van der Waals surface area contributed by atoms with Gasteiger partial charge in [0, 0.05) is 11.8 Å². The fraction of sp³-hybridized carbons (Fsp3) is 0. The van der Waals surface area contributed by atoms with E-state index in [0.717, 1.165) is 21.5 Å². The molecular formula is C10H6BrN5. The highest BCUT2D eigenvalue weighted by Crippen LogP contribution is 2.20. The van der Waals surface area contributed by atoms with E-state index < -0.39 is 0 Å². The molecule has 3 aromatic heterocycles. The Hall–Kier alpha value is -1.82. The monoisotopic (exact) mass is 275 g/mol. The molecule has 0 spiro atoms. The zero-order valence-corrected chi connectivity index (χ0v) is 9.64. The zero-order valence-electron chi connectivity index (χ0n) is 8.05. The highest BCUT2D eigenvalue weighted by Gasteiger charge is 2.06. The second-order valence-corrected chi connectivity index (χ2v) is 4.03. The van der Waals surface area contributed by atoms with Crippen molar-refractivity contribution < 1.29 is 0 Å². The maximum absolute atomic E-state index is 4.37. The van der Waals surface area contributed by atoms with Crippen LogP contribution >= 0.6 is 15.9 Å². The van der Waals surface area contributed by atoms with E-state index in [-0.39, 0.29) is 0 Å². The third kappa shape index (κ3) is 1.57. The minimum atomic E-state index is 0.665. The lowest BCUT2D eigenvalue weighted by molar-refractivity contribution is 1.20. The van der Waals surface area contributed by atoms with E-state index in [4.69, 9.17) is 0 Å². The van der Waals surface area contributed by atoms with E-state index in [0.29, 0.717) is 5.65 Å². The van der Waals surface area contributed by atoms with E-state index in [1.807, 2.05) is 12.1 Å². The first-order valence-electron chi connectivity index (χ1n) is 4.60. The molecule has 1 N–H and O–H groups in total. The van der Waals surface area contributed by atoms with Gasteiger partial charge >= 0.3 is 0 Å². The van der Waals surface area contributed by atoms with Crippen molar-refractivity contribution in [2.75, 3.05) is 0 Å². The molecule has 3 rings (SSSR count). The molecule has 0 aliphatic rings. The highest BCUT2D eigenvalue weighted by atomic mass is 79.9. The van der Waals surface area contributed by atoms with Gasteiger partial charge < -0.3 is 4.98 Å². The van der Waals surface area contributed by atoms with Crippen molar-refractivity contribution >= 4 is 27.1 Å². The van der Waals surface area contributed by atoms with Gasteiger partial charge in [-0.2, -0.15) is 0 Å². The Bertz CT molecular complexity index is 615. The largest absolute Gasteiger partial charge is 0.335 e. The molecule has 16 heavy (non-hydrogen) atoms. The highest BCUT2D eigenvalue weighted by molar-refractivity contribution is 9.10. The minimum Gasteiger partial charge on any atom is -0.335 e. The molecule has 5 nitrogen and oxygen atoms in total. The van der Waals surface area contributed by atoms with Crippen molar-refractivity contribution in [1.29, 1.82) is 0 Å². The Morgan fingerprint density at radius 1 is 1.25 bits per heavy atom. The van der Waals surface area contributed by atoms with Crippen LogP contribution in [0.5, 0.6) is 0 Å². The maximum Gasteiger partial charge on any atom is 0.181 e. The summed E-state index contributed by atoms with van der Waals surface area (Å²) in [6, 6.07) is 3.78. The van der Waals surface area contributed by atoms with Crippen LogP contribution in [0, 0.1) is 0 Å². The van der Waals surface area contributed by atoms with E-state index in [9.17, 15) is 0 Å². The molecule has 3 heterocycles. The van der Waals surface area contributed by atoms with Crippen molar-refractivity contribution in [3.8, 4) is 11.4 Å². The van der Waals surface area contributed by atoms with Gasteiger partial charge in [0.15, 0.2) is 5.65 Å². The molecule has 3 aromatic rings. The lowest BCUT2D eigenvalue weighted by atomic mass is 10.2. The summed E-state index contributed by atoms with van der Waals surface area (Å²) >= 11 is 3.32. The summed E-state index contributed by atoms with van der Waals surface area (Å²) in [5, 5.41) is 0. The summed E-state index contributed by atoms with van der Waals surface area (Å²) in [4.78, 5) is 19.6. The van der Waals surface area contributed by atoms with Crippen LogP contribution in [-0.4, -0.2) is 24.9 Å². The number of aromatic nitrogens is 5. The lowest BCUT2D eigenvalue weighted by Gasteiger charge is -1.95. The molecule has 0 atom stereocenters. The third-order valence-electron chi connectivity index (χ3n) is 2.16. The quantitative estimate of drug-likeness (QED) is 0.692. The van der Waals surface area contributed by atoms with Crippen molar-refractivity contribution in [1.82, 2.24) is 24.9 Å². The number of hydrogen-bond acceptors (Lipinski definition) is 4. The predicted octanol–water partition coefficient (Wildman–Crippen LogP) is 2.18. The van der Waals surface area contributed by atoms with Gasteiger partial charge in [-0.15, -0.1) is 0 Å². The Morgan fingerprint density at radius 3 is 3.00 bits per heavy atom. The number of halogens is 1. The first kappa shape index (κ1) is 9.41. The second-order valence-electron chi connectivity index (χ2n) is 3.21. The summed E-state index contributed by atoms with van der Waals surface area (Å²) in [6.45, 7) is 0. The second kappa shape index (κ2) is 3.64. The number of imidazole rings is 1. The van der Waals surface area contributed by atoms with Crippen molar-refractivity contribution in [3.05, 3.63) is 35.5 Å². The summed E-state index contributed by atoms with van der Waals surface area (Å²) in [7, 11) is 0. The average molecular weight is 276 g/mol. The molecule has 0 radical (unpaired) electrons. The van der Waals surface area contributed by atoms with Crippen LogP contribution in [0.3, 0.4) is 0 Å². The van der Waals surface area contributed by atoms with E-state index in [1.165, 1.54) is 6.33 Å². The van der Waals surface area contributed by atoms with E-state index >= 15 is 0 Å². The molecule has 0 aliphatic heterocycles. The normalized spacial score (nSPS) is 10.8. The number of nitrogens with zero attached hydrogens (tertiary/aromatic N) is 4. The third-order valence-corrected chi connectivity index (χ3v) is 2.60. The Morgan fingerprint density at radius 2 is 2.19 bits per heavy atom. The van der Waals surface area contributed by atoms with Gasteiger partial charge in [0.05, 0.1) is 6.20 Å². The number of H-pyrrole nitrogens is 1. The topological polar surface area (TPSA) is 67.3 Å². The van der Waals surface area contributed by atoms with Crippen LogP contribution < -0.4 is 0 Å². The van der Waals surface area contributed by atoms with Crippen LogP contribution in [0.2, 0.25) is 0 Å². The van der Waals surface area contributed by atoms with Crippen LogP contribution in [0.15, 0.2) is 35.5 Å². The molecule has 6 heteroatoms. The number of rotatable bonds is 1. The first-order chi connectivity index (χ1) is 7.83. The molecule has 0 unspecified atom stereocenters. The Labute approximate surface area is 99.1 Å². The van der Waals surface area contributed by atoms with E-state index in [2.05, 4.69) is 40.8 Å². The van der Waals surface area contributed by atoms with Gasteiger partial charge in [0.1, 0.15) is 22.3 Å². The fourth-order valence-corrected chi connectivity index (χ4v) is 1.81. The van der Waals surface area contributed by atoms with Crippen molar-refractivity contribution in [2.24, 2.45) is 0 Å². The standard InChI is InChI=1S/C10H6BrN5/c11-8-3-6(1-2-13-8)9-15-7-4-12-5-14-10(7)16-9/h1-5H,(H,12,14,15,16). The average Bonchev–Trinajstić information content (AvgIpc) is 2.72. The molecule has 0 aromatic carbocycles. The van der Waals surface area contributed by atoms with Crippen molar-refractivity contribution in [3.63, 3.8) is 0 Å². The lowest BCUT2D eigenvalue weighted by Crippen LogP contribution is -1.82. The Kier molecular flexibility index (Phi) is 2.14. The molecule has 0 fully saturated rings. The Balaban J connectivity index is 2.19. The summed E-state index contributed by atoms with van der Waals surface area (Å²) in [5.41, 5.74) is 2.45. The van der Waals surface area contributed by atoms with Gasteiger partial charge in [0.25, 0.3) is 0 Å². The van der Waals surface area contributed by atoms with Gasteiger partial charge in [-0.25, -0.2) is 19.9 Å². The van der Waals surface area contributed by atoms with Gasteiger partial charge in [-0.3, -0.25) is 0 Å². The molecule has 0 saturated carbocycles. The zero-order chi connectivity index (χ0) is 11.0. The van der Waals surface area contributed by atoms with Crippen LogP contribution in [0.4, 0.5) is 0 Å². The predicted molar refractivity (Wildman–Crippen MR) is 62.6 cm³/mol. The van der Waals surface area contributed by atoms with Crippen LogP contribution in [0.25, 0.3) is 22.6 Å². The molecule has 0 bridgehead atoms. The smallest absolute Gasteiger partial charge is 0.181 e. The fourth-order valence-electron chi connectivity index (χ4n) is 1.45. The number of aromatic amines is 1. The minimum absolute atomic E-state index is 0.665. The van der Waals surface area contributed by atoms with Crippen molar-refractivity contribution in [2.45, 2.75) is 0 Å². The summed E-state index contributed by atoms with van der Waals surface area (Å²) in [6.07, 6.45) is 4.91. The molecular weight excluding hydrogens is 270 g/mol. The SMILES string of the molecule is Brc1cc(-c2nc3ncncc3[nH]2)ccn1. The van der Waals surface area contributed by atoms with Crippen LogP contribution in [0.1, 0.15) is 0 Å². The molecule has 78 valence electrons. The van der Waals surface area contributed by atoms with E-state index in [1.54, 1.807) is 12.4 Å². The first-order valence-corrected chi connectivity index (χ1v) is 5.40. The molecule has 0 aliphatic carbocycles. The van der Waals surface area contributed by atoms with Crippen LogP contribution in [-0.2, 0) is 0 Å². The summed E-state index contributed by atoms with van der Waals surface area (Å²) < 4.78 is 0.775. The number of hydrogen-bond donors (Lipinski definition) is 1.